The van der Waals surface area contributed by atoms with Crippen molar-refractivity contribution in [3.63, 3.8) is 0 Å². The number of aryl methyl sites for hydroxylation is 1. The summed E-state index contributed by atoms with van der Waals surface area (Å²) in [6.45, 7) is 2.39. The molecule has 1 fully saturated rings. The van der Waals surface area contributed by atoms with Gasteiger partial charge in [-0.25, -0.2) is 0 Å². The molecule has 0 atom stereocenters. The lowest BCUT2D eigenvalue weighted by Gasteiger charge is -2.41. The number of amides is 1. The molecule has 2 N–H and O–H groups in total. The smallest absolute Gasteiger partial charge is 0.305 e. The molecule has 1 heterocycles. The summed E-state index contributed by atoms with van der Waals surface area (Å²) < 4.78 is 1.50. The number of aromatic nitrogens is 2. The zero-order chi connectivity index (χ0) is 14.0. The lowest BCUT2D eigenvalue weighted by molar-refractivity contribution is -0.139. The van der Waals surface area contributed by atoms with Crippen LogP contribution in [0.1, 0.15) is 43.1 Å². The number of hydrogen-bond donors (Lipinski definition) is 2. The molecule has 1 aromatic rings. The summed E-state index contributed by atoms with van der Waals surface area (Å²) in [4.78, 5) is 23.1. The summed E-state index contributed by atoms with van der Waals surface area (Å²) >= 11 is 5.95. The highest BCUT2D eigenvalue weighted by atomic mass is 35.5. The van der Waals surface area contributed by atoms with Gasteiger partial charge in [0, 0.05) is 6.54 Å². The number of hydrogen-bond acceptors (Lipinski definition) is 3. The molecule has 0 radical (unpaired) electrons. The van der Waals surface area contributed by atoms with Crippen LogP contribution >= 0.6 is 11.6 Å². The lowest BCUT2D eigenvalue weighted by atomic mass is 9.74. The van der Waals surface area contributed by atoms with Crippen LogP contribution in [0.5, 0.6) is 0 Å². The van der Waals surface area contributed by atoms with Crippen molar-refractivity contribution in [1.29, 1.82) is 0 Å². The van der Waals surface area contributed by atoms with Crippen molar-refractivity contribution in [1.82, 2.24) is 15.1 Å². The van der Waals surface area contributed by atoms with Gasteiger partial charge in [0.1, 0.15) is 5.69 Å². The monoisotopic (exact) mass is 285 g/mol. The van der Waals surface area contributed by atoms with E-state index in [2.05, 4.69) is 10.4 Å². The zero-order valence-electron chi connectivity index (χ0n) is 10.6. The highest BCUT2D eigenvalue weighted by Gasteiger charge is 2.41. The Morgan fingerprint density at radius 1 is 1.58 bits per heavy atom. The van der Waals surface area contributed by atoms with Crippen molar-refractivity contribution in [3.8, 4) is 0 Å². The Labute approximate surface area is 115 Å². The van der Waals surface area contributed by atoms with E-state index >= 15 is 0 Å². The number of rotatable bonds is 5. The van der Waals surface area contributed by atoms with E-state index in [9.17, 15) is 9.59 Å². The normalized spacial score (nSPS) is 16.7. The number of carboxylic acids is 1. The van der Waals surface area contributed by atoms with Crippen molar-refractivity contribution in [3.05, 3.63) is 16.9 Å². The van der Waals surface area contributed by atoms with Crippen LogP contribution in [-0.4, -0.2) is 32.3 Å². The summed E-state index contributed by atoms with van der Waals surface area (Å²) in [5, 5.41) is 16.0. The van der Waals surface area contributed by atoms with Crippen LogP contribution in [0.3, 0.4) is 0 Å². The highest BCUT2D eigenvalue weighted by molar-refractivity contribution is 6.33. The fourth-order valence-electron chi connectivity index (χ4n) is 2.37. The van der Waals surface area contributed by atoms with E-state index in [1.54, 1.807) is 0 Å². The van der Waals surface area contributed by atoms with Gasteiger partial charge in [0.2, 0.25) is 0 Å². The molecule has 1 amide bonds. The van der Waals surface area contributed by atoms with Gasteiger partial charge in [-0.05, 0) is 26.2 Å². The van der Waals surface area contributed by atoms with Crippen molar-refractivity contribution < 1.29 is 14.7 Å². The lowest BCUT2D eigenvalue weighted by Crippen LogP contribution is -2.55. The Morgan fingerprint density at radius 3 is 2.74 bits per heavy atom. The van der Waals surface area contributed by atoms with Crippen LogP contribution in [0, 0.1) is 0 Å². The molecule has 0 aromatic carbocycles. The number of carbonyl (C=O) groups excluding carboxylic acids is 1. The SMILES string of the molecule is CCn1ncc(Cl)c1C(=O)NC1(CC(=O)O)CCC1. The van der Waals surface area contributed by atoms with E-state index in [1.807, 2.05) is 6.92 Å². The maximum absolute atomic E-state index is 12.2. The van der Waals surface area contributed by atoms with Crippen molar-refractivity contribution in [2.24, 2.45) is 0 Å². The highest BCUT2D eigenvalue weighted by Crippen LogP contribution is 2.35. The second-order valence-electron chi connectivity index (χ2n) is 4.82. The third-order valence-electron chi connectivity index (χ3n) is 3.49. The number of carbonyl (C=O) groups is 2. The van der Waals surface area contributed by atoms with Crippen LogP contribution < -0.4 is 5.32 Å². The Bertz CT molecular complexity index is 508. The van der Waals surface area contributed by atoms with Crippen LogP contribution in [0.2, 0.25) is 5.02 Å². The van der Waals surface area contributed by atoms with Crippen LogP contribution in [0.15, 0.2) is 6.20 Å². The first-order chi connectivity index (χ1) is 8.97. The fourth-order valence-corrected chi connectivity index (χ4v) is 2.59. The van der Waals surface area contributed by atoms with E-state index in [0.717, 1.165) is 6.42 Å². The minimum atomic E-state index is -0.907. The number of aliphatic carboxylic acids is 1. The standard InChI is InChI=1S/C12H16ClN3O3/c1-2-16-10(8(13)7-14-16)11(19)15-12(4-3-5-12)6-9(17)18/h7H,2-6H2,1H3,(H,15,19)(H,17,18). The molecule has 1 saturated carbocycles. The molecule has 6 nitrogen and oxygen atoms in total. The molecule has 0 saturated heterocycles. The van der Waals surface area contributed by atoms with E-state index < -0.39 is 11.5 Å². The first-order valence-corrected chi connectivity index (χ1v) is 6.61. The molecule has 104 valence electrons. The number of carboxylic acid groups (broad SMARTS) is 1. The molecular formula is C12H16ClN3O3. The van der Waals surface area contributed by atoms with E-state index in [0.29, 0.717) is 25.1 Å². The molecule has 1 aromatic heterocycles. The second-order valence-corrected chi connectivity index (χ2v) is 5.22. The summed E-state index contributed by atoms with van der Waals surface area (Å²) in [5.74, 6) is -1.26. The Kier molecular flexibility index (Phi) is 3.80. The Hall–Kier alpha value is -1.56. The predicted molar refractivity (Wildman–Crippen MR) is 69.2 cm³/mol. The largest absolute Gasteiger partial charge is 0.481 e. The number of halogens is 1. The molecular weight excluding hydrogens is 270 g/mol. The van der Waals surface area contributed by atoms with Crippen molar-refractivity contribution >= 4 is 23.5 Å². The van der Waals surface area contributed by atoms with Gasteiger partial charge in [-0.15, -0.1) is 0 Å². The van der Waals surface area contributed by atoms with Gasteiger partial charge in [-0.2, -0.15) is 5.10 Å². The van der Waals surface area contributed by atoms with Gasteiger partial charge in [-0.3, -0.25) is 14.3 Å². The summed E-state index contributed by atoms with van der Waals surface area (Å²) in [7, 11) is 0. The van der Waals surface area contributed by atoms with E-state index in [4.69, 9.17) is 16.7 Å². The molecule has 0 bridgehead atoms. The molecule has 19 heavy (non-hydrogen) atoms. The number of nitrogens with one attached hydrogen (secondary N) is 1. The predicted octanol–water partition coefficient (Wildman–Crippen LogP) is 1.68. The topological polar surface area (TPSA) is 84.2 Å². The summed E-state index contributed by atoms with van der Waals surface area (Å²) in [5.41, 5.74) is -0.337. The van der Waals surface area contributed by atoms with Crippen LogP contribution in [0.4, 0.5) is 0 Å². The van der Waals surface area contributed by atoms with Gasteiger partial charge < -0.3 is 10.4 Å². The van der Waals surface area contributed by atoms with Gasteiger partial charge in [0.05, 0.1) is 23.2 Å². The molecule has 1 aliphatic rings. The molecule has 2 rings (SSSR count). The average Bonchev–Trinajstić information content (AvgIpc) is 2.66. The van der Waals surface area contributed by atoms with Gasteiger partial charge in [0.15, 0.2) is 0 Å². The van der Waals surface area contributed by atoms with Crippen molar-refractivity contribution in [2.75, 3.05) is 0 Å². The number of nitrogens with zero attached hydrogens (tertiary/aromatic N) is 2. The van der Waals surface area contributed by atoms with Gasteiger partial charge >= 0.3 is 5.97 Å². The van der Waals surface area contributed by atoms with E-state index in [-0.39, 0.29) is 17.4 Å². The zero-order valence-corrected chi connectivity index (χ0v) is 11.4. The third kappa shape index (κ3) is 2.73. The van der Waals surface area contributed by atoms with Crippen LogP contribution in [-0.2, 0) is 11.3 Å². The van der Waals surface area contributed by atoms with Crippen molar-refractivity contribution in [2.45, 2.75) is 44.7 Å². The first-order valence-electron chi connectivity index (χ1n) is 6.23. The second kappa shape index (κ2) is 5.21. The third-order valence-corrected chi connectivity index (χ3v) is 3.76. The van der Waals surface area contributed by atoms with Gasteiger partial charge in [0.25, 0.3) is 5.91 Å². The Morgan fingerprint density at radius 2 is 2.26 bits per heavy atom. The molecule has 7 heteroatoms. The maximum Gasteiger partial charge on any atom is 0.305 e. The first kappa shape index (κ1) is 13.9. The average molecular weight is 286 g/mol. The van der Waals surface area contributed by atoms with E-state index in [1.165, 1.54) is 10.9 Å². The van der Waals surface area contributed by atoms with Crippen LogP contribution in [0.25, 0.3) is 0 Å². The minimum absolute atomic E-state index is 0.0589. The summed E-state index contributed by atoms with van der Waals surface area (Å²) in [6.07, 6.45) is 3.65. The fraction of sp³-hybridized carbons (Fsp3) is 0.583. The van der Waals surface area contributed by atoms with Gasteiger partial charge in [-0.1, -0.05) is 11.6 Å². The molecule has 1 aliphatic carbocycles. The maximum atomic E-state index is 12.2. The summed E-state index contributed by atoms with van der Waals surface area (Å²) in [6, 6.07) is 0. The molecule has 0 aliphatic heterocycles. The molecule has 0 spiro atoms. The minimum Gasteiger partial charge on any atom is -0.481 e. The molecule has 0 unspecified atom stereocenters. The quantitative estimate of drug-likeness (QED) is 0.862. The Balaban J connectivity index is 2.16.